The number of hydrogen-bond acceptors (Lipinski definition) is 3. The highest BCUT2D eigenvalue weighted by molar-refractivity contribution is 5.94. The van der Waals surface area contributed by atoms with Gasteiger partial charge in [0.1, 0.15) is 0 Å². The van der Waals surface area contributed by atoms with Crippen LogP contribution in [-0.2, 0) is 0 Å². The number of carbonyl (C=O) groups excluding carboxylic acids is 1. The van der Waals surface area contributed by atoms with Crippen molar-refractivity contribution in [1.29, 1.82) is 0 Å². The fraction of sp³-hybridized carbons (Fsp3) is 0.571. The number of hydrogen-bond donors (Lipinski definition) is 1. The number of pyridine rings is 1. The number of piperidine rings is 1. The van der Waals surface area contributed by atoms with E-state index in [0.29, 0.717) is 5.56 Å². The molecule has 0 unspecified atom stereocenters. The molecule has 0 bridgehead atoms. The van der Waals surface area contributed by atoms with Gasteiger partial charge in [-0.25, -0.2) is 0 Å². The molecule has 0 aromatic carbocycles. The quantitative estimate of drug-likeness (QED) is 0.884. The van der Waals surface area contributed by atoms with E-state index in [1.165, 1.54) is 0 Å². The third-order valence-electron chi connectivity index (χ3n) is 3.75. The van der Waals surface area contributed by atoms with Crippen LogP contribution in [-0.4, -0.2) is 41.0 Å². The Morgan fingerprint density at radius 2 is 2.22 bits per heavy atom. The van der Waals surface area contributed by atoms with Crippen LogP contribution >= 0.6 is 0 Å². The smallest absolute Gasteiger partial charge is 0.253 e. The standard InChI is InChI=1S/C14H21N3O/c1-3-17-9-6-14(2,7-10-17)16-13(18)12-5-4-8-15-11-12/h4-5,8,11H,3,6-7,9-10H2,1-2H3,(H,16,18). The van der Waals surface area contributed by atoms with Gasteiger partial charge in [-0.05, 0) is 38.4 Å². The summed E-state index contributed by atoms with van der Waals surface area (Å²) in [6, 6.07) is 3.59. The van der Waals surface area contributed by atoms with Gasteiger partial charge in [0.25, 0.3) is 5.91 Å². The first-order chi connectivity index (χ1) is 8.63. The number of rotatable bonds is 3. The van der Waals surface area contributed by atoms with Crippen LogP contribution in [0.3, 0.4) is 0 Å². The first-order valence-electron chi connectivity index (χ1n) is 6.58. The summed E-state index contributed by atoms with van der Waals surface area (Å²) >= 11 is 0. The lowest BCUT2D eigenvalue weighted by atomic mass is 9.89. The third-order valence-corrected chi connectivity index (χ3v) is 3.75. The Balaban J connectivity index is 1.95. The minimum Gasteiger partial charge on any atom is -0.347 e. The van der Waals surface area contributed by atoms with Gasteiger partial charge in [0.05, 0.1) is 5.56 Å². The largest absolute Gasteiger partial charge is 0.347 e. The summed E-state index contributed by atoms with van der Waals surface area (Å²) in [6.07, 6.45) is 5.30. The maximum Gasteiger partial charge on any atom is 0.253 e. The van der Waals surface area contributed by atoms with E-state index < -0.39 is 0 Å². The Morgan fingerprint density at radius 3 is 2.78 bits per heavy atom. The molecule has 2 heterocycles. The van der Waals surface area contributed by atoms with Crippen LogP contribution in [0.2, 0.25) is 0 Å². The Labute approximate surface area is 108 Å². The molecule has 1 aliphatic heterocycles. The Bertz CT molecular complexity index is 397. The molecule has 1 aromatic heterocycles. The van der Waals surface area contributed by atoms with Crippen molar-refractivity contribution in [3.05, 3.63) is 30.1 Å². The number of likely N-dealkylation sites (tertiary alicyclic amines) is 1. The van der Waals surface area contributed by atoms with Crippen LogP contribution in [0.4, 0.5) is 0 Å². The lowest BCUT2D eigenvalue weighted by Gasteiger charge is -2.39. The van der Waals surface area contributed by atoms with Crippen LogP contribution in [0.15, 0.2) is 24.5 Å². The first-order valence-corrected chi connectivity index (χ1v) is 6.58. The maximum absolute atomic E-state index is 12.1. The zero-order valence-corrected chi connectivity index (χ0v) is 11.1. The molecule has 0 saturated carbocycles. The minimum atomic E-state index is -0.0847. The Kier molecular flexibility index (Phi) is 3.97. The SMILES string of the molecule is CCN1CCC(C)(NC(=O)c2cccnc2)CC1. The summed E-state index contributed by atoms with van der Waals surface area (Å²) in [7, 11) is 0. The molecule has 1 saturated heterocycles. The average molecular weight is 247 g/mol. The van der Waals surface area contributed by atoms with Gasteiger partial charge in [-0.2, -0.15) is 0 Å². The van der Waals surface area contributed by atoms with E-state index >= 15 is 0 Å². The van der Waals surface area contributed by atoms with Crippen LogP contribution in [0.5, 0.6) is 0 Å². The highest BCUT2D eigenvalue weighted by Gasteiger charge is 2.31. The van der Waals surface area contributed by atoms with Gasteiger partial charge in [-0.1, -0.05) is 6.92 Å². The summed E-state index contributed by atoms with van der Waals surface area (Å²) < 4.78 is 0. The second kappa shape index (κ2) is 5.48. The molecule has 0 atom stereocenters. The molecule has 1 fully saturated rings. The van der Waals surface area contributed by atoms with E-state index in [4.69, 9.17) is 0 Å². The molecule has 1 amide bonds. The summed E-state index contributed by atoms with van der Waals surface area (Å²) in [5.41, 5.74) is 0.551. The third kappa shape index (κ3) is 3.07. The lowest BCUT2D eigenvalue weighted by Crippen LogP contribution is -2.53. The highest BCUT2D eigenvalue weighted by atomic mass is 16.1. The molecular weight excluding hydrogens is 226 g/mol. The molecule has 1 N–H and O–H groups in total. The van der Waals surface area contributed by atoms with Gasteiger partial charge in [-0.3, -0.25) is 9.78 Å². The predicted molar refractivity (Wildman–Crippen MR) is 71.5 cm³/mol. The number of nitrogens with one attached hydrogen (secondary N) is 1. The van der Waals surface area contributed by atoms with Gasteiger partial charge >= 0.3 is 0 Å². The topological polar surface area (TPSA) is 45.2 Å². The molecule has 18 heavy (non-hydrogen) atoms. The van der Waals surface area contributed by atoms with Crippen molar-refractivity contribution in [1.82, 2.24) is 15.2 Å². The molecule has 4 heteroatoms. The molecule has 2 rings (SSSR count). The molecule has 0 radical (unpaired) electrons. The lowest BCUT2D eigenvalue weighted by molar-refractivity contribution is 0.0839. The van der Waals surface area contributed by atoms with E-state index in [9.17, 15) is 4.79 Å². The van der Waals surface area contributed by atoms with Crippen LogP contribution in [0.25, 0.3) is 0 Å². The number of carbonyl (C=O) groups is 1. The van der Waals surface area contributed by atoms with E-state index in [0.717, 1.165) is 32.5 Å². The first kappa shape index (κ1) is 13.0. The molecule has 0 aliphatic carbocycles. The van der Waals surface area contributed by atoms with E-state index in [1.807, 2.05) is 0 Å². The van der Waals surface area contributed by atoms with Gasteiger partial charge in [0.2, 0.25) is 0 Å². The number of aromatic nitrogens is 1. The summed E-state index contributed by atoms with van der Waals surface area (Å²) in [4.78, 5) is 18.5. The van der Waals surface area contributed by atoms with Crippen molar-refractivity contribution in [2.45, 2.75) is 32.2 Å². The van der Waals surface area contributed by atoms with E-state index in [-0.39, 0.29) is 11.4 Å². The van der Waals surface area contributed by atoms with Crippen molar-refractivity contribution in [2.75, 3.05) is 19.6 Å². The van der Waals surface area contributed by atoms with Gasteiger partial charge in [0.15, 0.2) is 0 Å². The van der Waals surface area contributed by atoms with Gasteiger partial charge < -0.3 is 10.2 Å². The monoisotopic (exact) mass is 247 g/mol. The normalized spacial score (nSPS) is 19.4. The second-order valence-electron chi connectivity index (χ2n) is 5.19. The highest BCUT2D eigenvalue weighted by Crippen LogP contribution is 2.21. The van der Waals surface area contributed by atoms with Crippen molar-refractivity contribution in [3.63, 3.8) is 0 Å². The van der Waals surface area contributed by atoms with Crippen LogP contribution < -0.4 is 5.32 Å². The van der Waals surface area contributed by atoms with E-state index in [2.05, 4.69) is 29.0 Å². The van der Waals surface area contributed by atoms with E-state index in [1.54, 1.807) is 24.5 Å². The minimum absolute atomic E-state index is 0.0180. The zero-order valence-electron chi connectivity index (χ0n) is 11.1. The van der Waals surface area contributed by atoms with Crippen molar-refractivity contribution in [3.8, 4) is 0 Å². The Hall–Kier alpha value is -1.42. The Morgan fingerprint density at radius 1 is 1.50 bits per heavy atom. The van der Waals surface area contributed by atoms with Crippen molar-refractivity contribution in [2.24, 2.45) is 0 Å². The fourth-order valence-corrected chi connectivity index (χ4v) is 2.33. The molecule has 4 nitrogen and oxygen atoms in total. The molecule has 0 spiro atoms. The van der Waals surface area contributed by atoms with Crippen LogP contribution in [0, 0.1) is 0 Å². The zero-order chi connectivity index (χ0) is 13.0. The summed E-state index contributed by atoms with van der Waals surface area (Å²) in [5.74, 6) is -0.0180. The van der Waals surface area contributed by atoms with Crippen molar-refractivity contribution < 1.29 is 4.79 Å². The number of nitrogens with zero attached hydrogens (tertiary/aromatic N) is 2. The van der Waals surface area contributed by atoms with Gasteiger partial charge in [0, 0.05) is 31.0 Å². The average Bonchev–Trinajstić information content (AvgIpc) is 2.40. The molecule has 1 aliphatic rings. The summed E-state index contributed by atoms with van der Waals surface area (Å²) in [5, 5.41) is 3.15. The van der Waals surface area contributed by atoms with Crippen molar-refractivity contribution >= 4 is 5.91 Å². The maximum atomic E-state index is 12.1. The molecule has 1 aromatic rings. The molecular formula is C14H21N3O. The number of amides is 1. The predicted octanol–water partition coefficient (Wildman–Crippen LogP) is 1.69. The summed E-state index contributed by atoms with van der Waals surface area (Å²) in [6.45, 7) is 7.51. The molecule has 98 valence electrons. The van der Waals surface area contributed by atoms with Crippen LogP contribution in [0.1, 0.15) is 37.0 Å². The van der Waals surface area contributed by atoms with Gasteiger partial charge in [-0.15, -0.1) is 0 Å². The fourth-order valence-electron chi connectivity index (χ4n) is 2.33. The second-order valence-corrected chi connectivity index (χ2v) is 5.19.